The lowest BCUT2D eigenvalue weighted by Gasteiger charge is -2.35. The fraction of sp³-hybridized carbons (Fsp3) is 0.0159. The van der Waals surface area contributed by atoms with Crippen LogP contribution in [-0.2, 0) is 10.8 Å². The van der Waals surface area contributed by atoms with Gasteiger partial charge in [-0.15, -0.1) is 0 Å². The summed E-state index contributed by atoms with van der Waals surface area (Å²) in [6.45, 7) is 0. The van der Waals surface area contributed by atoms with E-state index in [1.165, 1.54) is 176 Å². The molecule has 0 fully saturated rings. The highest BCUT2D eigenvalue weighted by Crippen LogP contribution is 2.65. The first-order valence-corrected chi connectivity index (χ1v) is 45.1. The average molecular weight is 1650 g/mol. The van der Waals surface area contributed by atoms with Crippen molar-refractivity contribution in [1.29, 1.82) is 0 Å². The molecule has 0 N–H and O–H groups in total. The number of rotatable bonds is 12. The number of anilines is 6. The minimum atomic E-state index is -0.542. The van der Waals surface area contributed by atoms with E-state index in [9.17, 15) is 0 Å². The van der Waals surface area contributed by atoms with Crippen molar-refractivity contribution in [3.8, 4) is 67.0 Å². The van der Waals surface area contributed by atoms with E-state index in [1.54, 1.807) is 0 Å². The van der Waals surface area contributed by atoms with Gasteiger partial charge >= 0.3 is 0 Å². The molecular formula is C126H82N4. The first-order chi connectivity index (χ1) is 64.5. The monoisotopic (exact) mass is 1650 g/mol. The van der Waals surface area contributed by atoms with Crippen LogP contribution >= 0.6 is 0 Å². The van der Waals surface area contributed by atoms with Crippen LogP contribution in [0.15, 0.2) is 497 Å². The number of fused-ring (bicyclic) bond motifs is 23. The van der Waals surface area contributed by atoms with E-state index in [2.05, 4.69) is 516 Å². The Morgan fingerprint density at radius 3 is 0.838 bits per heavy atom. The van der Waals surface area contributed by atoms with Crippen molar-refractivity contribution in [3.05, 3.63) is 542 Å². The number of para-hydroxylation sites is 4. The number of hydrogen-bond donors (Lipinski definition) is 0. The maximum absolute atomic E-state index is 2.51. The standard InChI is InChI=1S/C63H40N2.C63H42N2/c1-2-20-46(21-3-1)65-60-29-15-11-25-54(60)62-55(45-31-30-41-16-4-6-18-43(41)36-45)38-49(40-61(62)65)64(47-33-32-42-17-5-7-19-44(42)37-47)48-34-35-53-52-24-10-14-28-58(52)63(59(53)39-48)56-26-12-8-22-50(56)51-23-9-13-27-57(51)63;1-4-22-48(23-5-1)63(49-24-6-2-7-25-49)58-30-16-14-28-54(58)55-37-36-52(41-59(55)63)64(51-35-34-44-19-11-13-21-46(44)39-51)53-40-57(47-33-32-43-18-10-12-20-45(43)38-47)62-56-29-15-17-31-60(56)65(61(62)42-53)50-26-8-3-9-27-50/h1-40H;1-42H. The zero-order valence-corrected chi connectivity index (χ0v) is 71.1. The van der Waals surface area contributed by atoms with Crippen LogP contribution in [0.5, 0.6) is 0 Å². The quantitative estimate of drug-likeness (QED) is 0.121. The maximum atomic E-state index is 2.51. The minimum Gasteiger partial charge on any atom is -0.310 e. The Kier molecular flexibility index (Phi) is 17.1. The summed E-state index contributed by atoms with van der Waals surface area (Å²) in [7, 11) is 0. The zero-order chi connectivity index (χ0) is 85.5. The van der Waals surface area contributed by atoms with Crippen LogP contribution in [0, 0.1) is 0 Å². The zero-order valence-electron chi connectivity index (χ0n) is 71.1. The van der Waals surface area contributed by atoms with E-state index in [-0.39, 0.29) is 0 Å². The largest absolute Gasteiger partial charge is 0.310 e. The Morgan fingerprint density at radius 1 is 0.162 bits per heavy atom. The molecule has 4 nitrogen and oxygen atoms in total. The molecule has 130 heavy (non-hydrogen) atoms. The van der Waals surface area contributed by atoms with Crippen LogP contribution < -0.4 is 9.80 Å². The first kappa shape index (κ1) is 74.5. The second kappa shape index (κ2) is 29.9. The molecule has 0 atom stereocenters. The van der Waals surface area contributed by atoms with Gasteiger partial charge in [-0.25, -0.2) is 0 Å². The summed E-state index contributed by atoms with van der Waals surface area (Å²) in [5.74, 6) is 0. The third-order valence-corrected chi connectivity index (χ3v) is 28.1. The molecule has 0 saturated carbocycles. The van der Waals surface area contributed by atoms with Gasteiger partial charge in [0.2, 0.25) is 0 Å². The van der Waals surface area contributed by atoms with Crippen LogP contribution in [0.3, 0.4) is 0 Å². The Morgan fingerprint density at radius 2 is 0.446 bits per heavy atom. The molecule has 4 heteroatoms. The van der Waals surface area contributed by atoms with E-state index < -0.39 is 10.8 Å². The fourth-order valence-corrected chi connectivity index (χ4v) is 22.6. The van der Waals surface area contributed by atoms with E-state index in [0.29, 0.717) is 0 Å². The van der Waals surface area contributed by atoms with Crippen LogP contribution in [-0.4, -0.2) is 9.13 Å². The van der Waals surface area contributed by atoms with Crippen molar-refractivity contribution in [2.75, 3.05) is 9.80 Å². The molecule has 22 aromatic carbocycles. The van der Waals surface area contributed by atoms with Gasteiger partial charge in [0.15, 0.2) is 0 Å². The number of aromatic nitrogens is 2. The molecule has 1 spiro atoms. The van der Waals surface area contributed by atoms with Gasteiger partial charge in [0.25, 0.3) is 0 Å². The summed E-state index contributed by atoms with van der Waals surface area (Å²) in [6.07, 6.45) is 0. The van der Waals surface area contributed by atoms with Crippen molar-refractivity contribution in [2.45, 2.75) is 10.8 Å². The van der Waals surface area contributed by atoms with Gasteiger partial charge < -0.3 is 18.9 Å². The summed E-state index contributed by atoms with van der Waals surface area (Å²) in [5.41, 5.74) is 35.4. The van der Waals surface area contributed by atoms with Crippen molar-refractivity contribution in [1.82, 2.24) is 9.13 Å². The SMILES string of the molecule is c1ccc(-n2c3ccccc3c3c(-c4ccc5ccccc5c4)cc(N(c4ccc5c(c4)C(c4ccccc4)(c4ccccc4)c4ccccc4-5)c4ccc5ccccc5c4)cc32)cc1.c1ccc(-n2c3ccccc3c3c(-c4ccc5ccccc5c4)cc(N(c4ccc5c(c4)C4(c6ccccc6-c6ccccc64)c4ccccc4-5)c4ccc5ccccc5c4)cc32)cc1. The molecule has 2 heterocycles. The highest BCUT2D eigenvalue weighted by Gasteiger charge is 2.52. The minimum absolute atomic E-state index is 0.468. The summed E-state index contributed by atoms with van der Waals surface area (Å²) in [5, 5.41) is 14.7. The molecule has 0 saturated heterocycles. The van der Waals surface area contributed by atoms with Crippen LogP contribution in [0.4, 0.5) is 34.1 Å². The first-order valence-electron chi connectivity index (χ1n) is 45.1. The van der Waals surface area contributed by atoms with E-state index >= 15 is 0 Å². The number of benzene rings is 22. The number of nitrogens with zero attached hydrogens (tertiary/aromatic N) is 4. The van der Waals surface area contributed by atoms with Gasteiger partial charge in [-0.1, -0.05) is 376 Å². The summed E-state index contributed by atoms with van der Waals surface area (Å²) < 4.78 is 4.91. The normalized spacial score (nSPS) is 12.9. The second-order valence-corrected chi connectivity index (χ2v) is 34.9. The Bertz CT molecular complexity index is 8170. The molecule has 24 aromatic rings. The summed E-state index contributed by atoms with van der Waals surface area (Å²) in [6, 6.07) is 185. The van der Waals surface area contributed by atoms with Crippen LogP contribution in [0.2, 0.25) is 0 Å². The van der Waals surface area contributed by atoms with Gasteiger partial charge in [0, 0.05) is 67.0 Å². The molecule has 0 unspecified atom stereocenters. The highest BCUT2D eigenvalue weighted by atomic mass is 15.2. The maximum Gasteiger partial charge on any atom is 0.0726 e. The van der Waals surface area contributed by atoms with Gasteiger partial charge in [0.05, 0.1) is 32.9 Å². The second-order valence-electron chi connectivity index (χ2n) is 34.9. The predicted molar refractivity (Wildman–Crippen MR) is 545 cm³/mol. The third-order valence-electron chi connectivity index (χ3n) is 28.1. The molecule has 3 aliphatic rings. The van der Waals surface area contributed by atoms with E-state index in [0.717, 1.165) is 56.5 Å². The van der Waals surface area contributed by atoms with Gasteiger partial charge in [0.1, 0.15) is 0 Å². The molecule has 0 amide bonds. The Labute approximate surface area is 754 Å². The van der Waals surface area contributed by atoms with Gasteiger partial charge in [-0.05, 0) is 265 Å². The Hall–Kier alpha value is -16.9. The Balaban J connectivity index is 0.000000137. The van der Waals surface area contributed by atoms with Gasteiger partial charge in [-0.2, -0.15) is 0 Å². The lowest BCUT2D eigenvalue weighted by atomic mass is 9.67. The molecule has 0 bridgehead atoms. The number of hydrogen-bond acceptors (Lipinski definition) is 2. The molecule has 27 rings (SSSR count). The lowest BCUT2D eigenvalue weighted by molar-refractivity contribution is 0.768. The van der Waals surface area contributed by atoms with Crippen molar-refractivity contribution in [2.24, 2.45) is 0 Å². The van der Waals surface area contributed by atoms with Crippen LogP contribution in [0.25, 0.3) is 154 Å². The summed E-state index contributed by atoms with van der Waals surface area (Å²) >= 11 is 0. The van der Waals surface area contributed by atoms with Crippen molar-refractivity contribution >= 4 is 121 Å². The molecule has 0 radical (unpaired) electrons. The molecule has 0 aliphatic heterocycles. The summed E-state index contributed by atoms with van der Waals surface area (Å²) in [4.78, 5) is 5.00. The van der Waals surface area contributed by atoms with Crippen molar-refractivity contribution in [3.63, 3.8) is 0 Å². The predicted octanol–water partition coefficient (Wildman–Crippen LogP) is 33.2. The fourth-order valence-electron chi connectivity index (χ4n) is 22.6. The van der Waals surface area contributed by atoms with Crippen LogP contribution in [0.1, 0.15) is 44.5 Å². The topological polar surface area (TPSA) is 16.3 Å². The smallest absolute Gasteiger partial charge is 0.0726 e. The third kappa shape index (κ3) is 11.4. The molecular weight excluding hydrogens is 1570 g/mol. The lowest BCUT2D eigenvalue weighted by Crippen LogP contribution is -2.28. The molecule has 606 valence electrons. The van der Waals surface area contributed by atoms with E-state index in [4.69, 9.17) is 0 Å². The molecule has 2 aromatic heterocycles. The highest BCUT2D eigenvalue weighted by molar-refractivity contribution is 6.20. The van der Waals surface area contributed by atoms with Crippen molar-refractivity contribution < 1.29 is 0 Å². The van der Waals surface area contributed by atoms with Gasteiger partial charge in [-0.3, -0.25) is 0 Å². The molecule has 3 aliphatic carbocycles. The average Bonchev–Trinajstić information content (AvgIpc) is 1.50. The van der Waals surface area contributed by atoms with E-state index in [1.807, 2.05) is 0 Å².